The predicted molar refractivity (Wildman–Crippen MR) is 56.5 cm³/mol. The van der Waals surface area contributed by atoms with Crippen LogP contribution < -0.4 is 10.6 Å². The van der Waals surface area contributed by atoms with Gasteiger partial charge in [-0.1, -0.05) is 0 Å². The second-order valence-electron chi connectivity index (χ2n) is 3.91. The van der Waals surface area contributed by atoms with Crippen LogP contribution in [0.3, 0.4) is 0 Å². The fraction of sp³-hybridized carbons (Fsp3) is 0.900. The Morgan fingerprint density at radius 1 is 1.73 bits per heavy atom. The van der Waals surface area contributed by atoms with Gasteiger partial charge in [-0.25, -0.2) is 0 Å². The van der Waals surface area contributed by atoms with E-state index in [2.05, 4.69) is 10.6 Å². The first-order valence-electron chi connectivity index (χ1n) is 5.43. The summed E-state index contributed by atoms with van der Waals surface area (Å²) in [6, 6.07) is 0.159. The van der Waals surface area contributed by atoms with Gasteiger partial charge in [-0.05, 0) is 13.3 Å². The molecule has 15 heavy (non-hydrogen) atoms. The minimum Gasteiger partial charge on any atom is -0.396 e. The highest BCUT2D eigenvalue weighted by atomic mass is 16.5. The topological polar surface area (TPSA) is 70.6 Å². The van der Waals surface area contributed by atoms with Crippen molar-refractivity contribution in [1.29, 1.82) is 0 Å². The number of hydrogen-bond donors (Lipinski definition) is 3. The molecule has 2 atom stereocenters. The molecule has 1 heterocycles. The van der Waals surface area contributed by atoms with E-state index in [0.717, 1.165) is 13.2 Å². The van der Waals surface area contributed by atoms with E-state index in [9.17, 15) is 4.79 Å². The number of carbonyl (C=O) groups is 1. The van der Waals surface area contributed by atoms with Gasteiger partial charge in [0, 0.05) is 31.7 Å². The van der Waals surface area contributed by atoms with Gasteiger partial charge in [0.05, 0.1) is 13.2 Å². The van der Waals surface area contributed by atoms with E-state index < -0.39 is 0 Å². The van der Waals surface area contributed by atoms with Crippen LogP contribution in [0.4, 0.5) is 0 Å². The van der Waals surface area contributed by atoms with Crippen molar-refractivity contribution in [2.24, 2.45) is 0 Å². The first-order valence-corrected chi connectivity index (χ1v) is 5.43. The molecule has 3 N–H and O–H groups in total. The average Bonchev–Trinajstić information content (AvgIpc) is 2.19. The summed E-state index contributed by atoms with van der Waals surface area (Å²) >= 11 is 0. The van der Waals surface area contributed by atoms with Crippen LogP contribution in [0.5, 0.6) is 0 Å². The van der Waals surface area contributed by atoms with Gasteiger partial charge < -0.3 is 20.5 Å². The lowest BCUT2D eigenvalue weighted by molar-refractivity contribution is -0.122. The van der Waals surface area contributed by atoms with Gasteiger partial charge >= 0.3 is 0 Å². The third-order valence-electron chi connectivity index (χ3n) is 2.40. The van der Waals surface area contributed by atoms with Crippen molar-refractivity contribution in [2.75, 3.05) is 26.4 Å². The van der Waals surface area contributed by atoms with Gasteiger partial charge in [-0.15, -0.1) is 0 Å². The van der Waals surface area contributed by atoms with Crippen molar-refractivity contribution in [2.45, 2.75) is 31.8 Å². The van der Waals surface area contributed by atoms with E-state index in [1.54, 1.807) is 0 Å². The summed E-state index contributed by atoms with van der Waals surface area (Å²) in [7, 11) is 0. The number of ether oxygens (including phenoxy) is 1. The van der Waals surface area contributed by atoms with Gasteiger partial charge in [0.1, 0.15) is 0 Å². The van der Waals surface area contributed by atoms with E-state index in [0.29, 0.717) is 19.4 Å². The molecule has 1 aliphatic rings. The number of aliphatic hydroxyl groups is 1. The number of hydrogen-bond acceptors (Lipinski definition) is 4. The number of rotatable bonds is 5. The summed E-state index contributed by atoms with van der Waals surface area (Å²) in [5.41, 5.74) is 0. The molecule has 0 bridgehead atoms. The molecule has 1 rings (SSSR count). The maximum absolute atomic E-state index is 11.5. The molecule has 0 aromatic carbocycles. The third-order valence-corrected chi connectivity index (χ3v) is 2.40. The SMILES string of the molecule is CC(CCO)NC(=O)CC1COCCN1. The minimum absolute atomic E-state index is 0.0129. The van der Waals surface area contributed by atoms with Crippen LogP contribution in [0.15, 0.2) is 0 Å². The maximum atomic E-state index is 11.5. The molecule has 1 saturated heterocycles. The Morgan fingerprint density at radius 3 is 3.13 bits per heavy atom. The molecule has 0 aliphatic carbocycles. The second kappa shape index (κ2) is 6.76. The zero-order valence-corrected chi connectivity index (χ0v) is 9.16. The Balaban J connectivity index is 2.16. The first-order chi connectivity index (χ1) is 7.22. The Kier molecular flexibility index (Phi) is 5.60. The third kappa shape index (κ3) is 5.11. The van der Waals surface area contributed by atoms with E-state index in [4.69, 9.17) is 9.84 Å². The lowest BCUT2D eigenvalue weighted by Gasteiger charge is -2.24. The van der Waals surface area contributed by atoms with Gasteiger partial charge in [0.2, 0.25) is 5.91 Å². The summed E-state index contributed by atoms with van der Waals surface area (Å²) in [6.07, 6.45) is 1.04. The lowest BCUT2D eigenvalue weighted by Crippen LogP contribution is -2.45. The molecule has 1 amide bonds. The fourth-order valence-electron chi connectivity index (χ4n) is 1.57. The van der Waals surface area contributed by atoms with E-state index in [1.165, 1.54) is 0 Å². The summed E-state index contributed by atoms with van der Waals surface area (Å²) in [5, 5.41) is 14.7. The summed E-state index contributed by atoms with van der Waals surface area (Å²) in [4.78, 5) is 11.5. The maximum Gasteiger partial charge on any atom is 0.221 e. The number of nitrogens with one attached hydrogen (secondary N) is 2. The molecule has 0 radical (unpaired) electrons. The standard InChI is InChI=1S/C10H20N2O3/c1-8(2-4-13)12-10(14)6-9-7-15-5-3-11-9/h8-9,11,13H,2-7H2,1H3,(H,12,14). The summed E-state index contributed by atoms with van der Waals surface area (Å²) in [5.74, 6) is 0.0129. The van der Waals surface area contributed by atoms with Crippen molar-refractivity contribution in [3.63, 3.8) is 0 Å². The van der Waals surface area contributed by atoms with Crippen LogP contribution in [-0.2, 0) is 9.53 Å². The molecule has 5 nitrogen and oxygen atoms in total. The van der Waals surface area contributed by atoms with Crippen molar-refractivity contribution < 1.29 is 14.6 Å². The molecule has 0 saturated carbocycles. The van der Waals surface area contributed by atoms with Crippen LogP contribution in [0.25, 0.3) is 0 Å². The predicted octanol–water partition coefficient (Wildman–Crippen LogP) is -0.748. The van der Waals surface area contributed by atoms with E-state index in [-0.39, 0.29) is 24.6 Å². The molecule has 88 valence electrons. The monoisotopic (exact) mass is 216 g/mol. The van der Waals surface area contributed by atoms with Crippen LogP contribution in [0.2, 0.25) is 0 Å². The summed E-state index contributed by atoms with van der Waals surface area (Å²) in [6.45, 7) is 4.12. The second-order valence-corrected chi connectivity index (χ2v) is 3.91. The Morgan fingerprint density at radius 2 is 2.53 bits per heavy atom. The van der Waals surface area contributed by atoms with Crippen LogP contribution in [0.1, 0.15) is 19.8 Å². The molecular formula is C10H20N2O3. The van der Waals surface area contributed by atoms with Crippen LogP contribution in [0, 0.1) is 0 Å². The zero-order chi connectivity index (χ0) is 11.1. The average molecular weight is 216 g/mol. The van der Waals surface area contributed by atoms with Gasteiger partial charge in [0.15, 0.2) is 0 Å². The van der Waals surface area contributed by atoms with Crippen molar-refractivity contribution in [3.05, 3.63) is 0 Å². The highest BCUT2D eigenvalue weighted by Crippen LogP contribution is 1.99. The Bertz CT molecular complexity index is 193. The minimum atomic E-state index is 0.0129. The van der Waals surface area contributed by atoms with Crippen LogP contribution in [-0.4, -0.2) is 49.5 Å². The Hall–Kier alpha value is -0.650. The van der Waals surface area contributed by atoms with Crippen molar-refractivity contribution in [1.82, 2.24) is 10.6 Å². The van der Waals surface area contributed by atoms with Gasteiger partial charge in [-0.2, -0.15) is 0 Å². The largest absolute Gasteiger partial charge is 0.396 e. The highest BCUT2D eigenvalue weighted by Gasteiger charge is 2.17. The number of amides is 1. The van der Waals surface area contributed by atoms with Gasteiger partial charge in [0.25, 0.3) is 0 Å². The molecule has 0 aromatic rings. The fourth-order valence-corrected chi connectivity index (χ4v) is 1.57. The molecular weight excluding hydrogens is 196 g/mol. The quantitative estimate of drug-likeness (QED) is 0.565. The smallest absolute Gasteiger partial charge is 0.221 e. The molecule has 1 fully saturated rings. The van der Waals surface area contributed by atoms with Crippen LogP contribution >= 0.6 is 0 Å². The molecule has 2 unspecified atom stereocenters. The number of morpholine rings is 1. The number of aliphatic hydroxyl groups excluding tert-OH is 1. The zero-order valence-electron chi connectivity index (χ0n) is 9.16. The van der Waals surface area contributed by atoms with E-state index in [1.807, 2.05) is 6.92 Å². The van der Waals surface area contributed by atoms with Gasteiger partial charge in [-0.3, -0.25) is 4.79 Å². The summed E-state index contributed by atoms with van der Waals surface area (Å²) < 4.78 is 5.25. The lowest BCUT2D eigenvalue weighted by atomic mass is 10.1. The highest BCUT2D eigenvalue weighted by molar-refractivity contribution is 5.76. The Labute approximate surface area is 90.2 Å². The molecule has 1 aliphatic heterocycles. The molecule has 0 spiro atoms. The van der Waals surface area contributed by atoms with Crippen molar-refractivity contribution >= 4 is 5.91 Å². The van der Waals surface area contributed by atoms with Crippen molar-refractivity contribution in [3.8, 4) is 0 Å². The van der Waals surface area contributed by atoms with E-state index >= 15 is 0 Å². The first kappa shape index (κ1) is 12.4. The molecule has 0 aromatic heterocycles. The number of carbonyl (C=O) groups excluding carboxylic acids is 1. The normalized spacial score (nSPS) is 23.5. The molecule has 5 heteroatoms.